The molecule has 0 saturated carbocycles. The fourth-order valence-electron chi connectivity index (χ4n) is 2.83. The lowest BCUT2D eigenvalue weighted by molar-refractivity contribution is -0.123. The molecule has 9 nitrogen and oxygen atoms in total. The van der Waals surface area contributed by atoms with Gasteiger partial charge in [-0.3, -0.25) is 10.1 Å². The van der Waals surface area contributed by atoms with Crippen LogP contribution in [0.25, 0.3) is 11.0 Å². The summed E-state index contributed by atoms with van der Waals surface area (Å²) in [6.07, 6.45) is -0.901. The van der Waals surface area contributed by atoms with E-state index in [1.807, 2.05) is 18.3 Å². The van der Waals surface area contributed by atoms with Crippen molar-refractivity contribution in [2.75, 3.05) is 13.2 Å². The lowest BCUT2D eigenvalue weighted by Crippen LogP contribution is -2.34. The van der Waals surface area contributed by atoms with Crippen LogP contribution in [0.4, 0.5) is 4.79 Å². The molecule has 1 N–H and O–H groups in total. The molecule has 0 atom stereocenters. The maximum atomic E-state index is 12.0. The van der Waals surface area contributed by atoms with Gasteiger partial charge in [0.25, 0.3) is 5.91 Å². The van der Waals surface area contributed by atoms with Crippen LogP contribution in [0.1, 0.15) is 28.4 Å². The molecule has 0 aliphatic rings. The molecule has 0 bridgehead atoms. The van der Waals surface area contributed by atoms with Crippen LogP contribution in [-0.4, -0.2) is 31.2 Å². The van der Waals surface area contributed by atoms with E-state index in [0.29, 0.717) is 11.3 Å². The number of nitrogens with one attached hydrogen (secondary N) is 1. The molecular formula is C23H21NO8. The predicted octanol–water partition coefficient (Wildman–Crippen LogP) is 3.11. The zero-order valence-electron chi connectivity index (χ0n) is 17.5. The van der Waals surface area contributed by atoms with Crippen LogP contribution >= 0.6 is 0 Å². The average Bonchev–Trinajstić information content (AvgIpc) is 2.76. The van der Waals surface area contributed by atoms with Crippen LogP contribution < -0.4 is 15.7 Å². The molecule has 3 rings (SSSR count). The summed E-state index contributed by atoms with van der Waals surface area (Å²) < 4.78 is 20.4. The summed E-state index contributed by atoms with van der Waals surface area (Å²) in [5.74, 6) is -0.970. The Bertz CT molecular complexity index is 1200. The van der Waals surface area contributed by atoms with Crippen LogP contribution in [-0.2, 0) is 20.9 Å². The molecule has 166 valence electrons. The third-order valence-electron chi connectivity index (χ3n) is 4.37. The molecule has 0 aliphatic heterocycles. The molecular weight excluding hydrogens is 418 g/mol. The van der Waals surface area contributed by atoms with Crippen molar-refractivity contribution in [3.05, 3.63) is 75.6 Å². The average molecular weight is 439 g/mol. The smallest absolute Gasteiger partial charge is 0.413 e. The van der Waals surface area contributed by atoms with Crippen LogP contribution in [0.3, 0.4) is 0 Å². The number of esters is 1. The topological polar surface area (TPSA) is 121 Å². The Kier molecular flexibility index (Phi) is 7.22. The highest BCUT2D eigenvalue weighted by Crippen LogP contribution is 2.23. The highest BCUT2D eigenvalue weighted by molar-refractivity contribution is 5.95. The maximum Gasteiger partial charge on any atom is 0.413 e. The van der Waals surface area contributed by atoms with Crippen molar-refractivity contribution < 1.29 is 33.0 Å². The number of benzene rings is 2. The van der Waals surface area contributed by atoms with E-state index in [2.05, 4.69) is 4.74 Å². The Balaban J connectivity index is 1.54. The van der Waals surface area contributed by atoms with Gasteiger partial charge < -0.3 is 18.6 Å². The monoisotopic (exact) mass is 439 g/mol. The predicted molar refractivity (Wildman–Crippen MR) is 113 cm³/mol. The minimum Gasteiger partial charge on any atom is -0.489 e. The van der Waals surface area contributed by atoms with Crippen molar-refractivity contribution in [3.8, 4) is 5.75 Å². The molecule has 2 amide bonds. The Labute approximate surface area is 182 Å². The minimum atomic E-state index is -0.901. The lowest BCUT2D eigenvalue weighted by atomic mass is 10.1. The Morgan fingerprint density at radius 1 is 1.00 bits per heavy atom. The maximum absolute atomic E-state index is 12.0. The number of rotatable bonds is 7. The second-order valence-corrected chi connectivity index (χ2v) is 6.74. The van der Waals surface area contributed by atoms with Crippen molar-refractivity contribution in [2.45, 2.75) is 20.5 Å². The molecule has 0 spiro atoms. The summed E-state index contributed by atoms with van der Waals surface area (Å²) >= 11 is 0. The van der Waals surface area contributed by atoms with Gasteiger partial charge in [0, 0.05) is 17.5 Å². The van der Waals surface area contributed by atoms with Crippen molar-refractivity contribution in [1.29, 1.82) is 0 Å². The number of amides is 2. The standard InChI is InChI=1S/C23H21NO8/c1-3-29-23(28)24-20(25)13-31-22(27)16-6-4-15(5-7-16)12-30-17-8-9-18-14(2)10-21(26)32-19(18)11-17/h4-11H,3,12-13H2,1-2H3,(H,24,25,28). The number of imide groups is 1. The van der Waals surface area contributed by atoms with Gasteiger partial charge in [-0.2, -0.15) is 0 Å². The Morgan fingerprint density at radius 3 is 2.47 bits per heavy atom. The van der Waals surface area contributed by atoms with Crippen molar-refractivity contribution in [3.63, 3.8) is 0 Å². The Morgan fingerprint density at radius 2 is 1.75 bits per heavy atom. The number of alkyl carbamates (subject to hydrolysis) is 1. The van der Waals surface area contributed by atoms with Crippen molar-refractivity contribution in [1.82, 2.24) is 5.32 Å². The molecule has 0 saturated heterocycles. The van der Waals surface area contributed by atoms with Crippen molar-refractivity contribution in [2.24, 2.45) is 0 Å². The van der Waals surface area contributed by atoms with Gasteiger partial charge in [-0.15, -0.1) is 0 Å². The summed E-state index contributed by atoms with van der Waals surface area (Å²) in [7, 11) is 0. The summed E-state index contributed by atoms with van der Waals surface area (Å²) in [4.78, 5) is 46.3. The SMILES string of the molecule is CCOC(=O)NC(=O)COC(=O)c1ccc(COc2ccc3c(C)cc(=O)oc3c2)cc1. The molecule has 0 fully saturated rings. The van der Waals surface area contributed by atoms with E-state index >= 15 is 0 Å². The fourth-order valence-corrected chi connectivity index (χ4v) is 2.83. The van der Waals surface area contributed by atoms with Gasteiger partial charge >= 0.3 is 17.7 Å². The number of carbonyl (C=O) groups is 3. The first-order chi connectivity index (χ1) is 15.4. The lowest BCUT2D eigenvalue weighted by Gasteiger charge is -2.09. The third kappa shape index (κ3) is 5.94. The first kappa shape index (κ1) is 22.5. The van der Waals surface area contributed by atoms with Crippen LogP contribution in [0.15, 0.2) is 57.7 Å². The molecule has 3 aromatic rings. The highest BCUT2D eigenvalue weighted by atomic mass is 16.6. The number of hydrogen-bond donors (Lipinski definition) is 1. The van der Waals surface area contributed by atoms with Gasteiger partial charge in [0.2, 0.25) is 0 Å². The molecule has 2 aromatic carbocycles. The number of carbonyl (C=O) groups excluding carboxylic acids is 3. The first-order valence-corrected chi connectivity index (χ1v) is 9.75. The van der Waals surface area contributed by atoms with Crippen LogP contribution in [0.5, 0.6) is 5.75 Å². The second-order valence-electron chi connectivity index (χ2n) is 6.74. The summed E-state index contributed by atoms with van der Waals surface area (Å²) in [5.41, 5.74) is 1.86. The van der Waals surface area contributed by atoms with Gasteiger partial charge in [-0.05, 0) is 49.2 Å². The molecule has 1 aromatic heterocycles. The Hall–Kier alpha value is -4.14. The van der Waals surface area contributed by atoms with Gasteiger partial charge in [0.15, 0.2) is 6.61 Å². The van der Waals surface area contributed by atoms with Gasteiger partial charge in [-0.1, -0.05) is 12.1 Å². The quantitative estimate of drug-likeness (QED) is 0.440. The molecule has 32 heavy (non-hydrogen) atoms. The summed E-state index contributed by atoms with van der Waals surface area (Å²) in [5, 5.41) is 2.76. The van der Waals surface area contributed by atoms with Gasteiger partial charge in [-0.25, -0.2) is 14.4 Å². The molecule has 0 radical (unpaired) electrons. The van der Waals surface area contributed by atoms with E-state index in [9.17, 15) is 19.2 Å². The number of ether oxygens (including phenoxy) is 3. The van der Waals surface area contributed by atoms with E-state index in [0.717, 1.165) is 16.5 Å². The van der Waals surface area contributed by atoms with Gasteiger partial charge in [0.05, 0.1) is 12.2 Å². The number of fused-ring (bicyclic) bond motifs is 1. The van der Waals surface area contributed by atoms with E-state index in [1.165, 1.54) is 18.2 Å². The molecule has 9 heteroatoms. The van der Waals surface area contributed by atoms with Crippen LogP contribution in [0, 0.1) is 6.92 Å². The zero-order valence-corrected chi connectivity index (χ0v) is 17.5. The molecule has 0 unspecified atom stereocenters. The highest BCUT2D eigenvalue weighted by Gasteiger charge is 2.13. The van der Waals surface area contributed by atoms with E-state index < -0.39 is 30.2 Å². The fraction of sp³-hybridized carbons (Fsp3) is 0.217. The second kappa shape index (κ2) is 10.3. The first-order valence-electron chi connectivity index (χ1n) is 9.75. The third-order valence-corrected chi connectivity index (χ3v) is 4.37. The normalized spacial score (nSPS) is 10.4. The van der Waals surface area contributed by atoms with E-state index in [4.69, 9.17) is 13.9 Å². The number of aryl methyl sites for hydroxylation is 1. The largest absolute Gasteiger partial charge is 0.489 e. The zero-order chi connectivity index (χ0) is 23.1. The van der Waals surface area contributed by atoms with Gasteiger partial charge in [0.1, 0.15) is 17.9 Å². The summed E-state index contributed by atoms with van der Waals surface area (Å²) in [6, 6.07) is 13.1. The summed E-state index contributed by atoms with van der Waals surface area (Å²) in [6.45, 7) is 3.16. The van der Waals surface area contributed by atoms with Crippen LogP contribution in [0.2, 0.25) is 0 Å². The molecule has 1 heterocycles. The number of hydrogen-bond acceptors (Lipinski definition) is 8. The van der Waals surface area contributed by atoms with Crippen molar-refractivity contribution >= 4 is 28.9 Å². The minimum absolute atomic E-state index is 0.117. The van der Waals surface area contributed by atoms with E-state index in [-0.39, 0.29) is 18.8 Å². The molecule has 0 aliphatic carbocycles. The van der Waals surface area contributed by atoms with E-state index in [1.54, 1.807) is 31.2 Å².